The van der Waals surface area contributed by atoms with E-state index in [9.17, 15) is 0 Å². The summed E-state index contributed by atoms with van der Waals surface area (Å²) in [4.78, 5) is 0. The smallest absolute Gasteiger partial charge is 0.0731 e. The lowest BCUT2D eigenvalue weighted by molar-refractivity contribution is 0.0452. The van der Waals surface area contributed by atoms with Crippen LogP contribution in [0.4, 0.5) is 0 Å². The van der Waals surface area contributed by atoms with Crippen LogP contribution in [-0.4, -0.2) is 25.3 Å². The average Bonchev–Trinajstić information content (AvgIpc) is 2.79. The molecular weight excluding hydrogens is 198 g/mol. The molecule has 0 aromatic heterocycles. The maximum Gasteiger partial charge on any atom is 0.0731 e. The molecule has 0 aromatic carbocycles. The van der Waals surface area contributed by atoms with Crippen molar-refractivity contribution in [3.8, 4) is 0 Å². The Labute approximate surface area is 100 Å². The molecule has 2 nitrogen and oxygen atoms in total. The number of nitrogens with one attached hydrogen (secondary N) is 1. The van der Waals surface area contributed by atoms with Gasteiger partial charge in [0, 0.05) is 12.6 Å². The molecule has 4 unspecified atom stereocenters. The van der Waals surface area contributed by atoms with Crippen molar-refractivity contribution in [2.75, 3.05) is 13.2 Å². The Hall–Kier alpha value is -0.0800. The third kappa shape index (κ3) is 2.98. The molecule has 0 amide bonds. The van der Waals surface area contributed by atoms with E-state index in [1.54, 1.807) is 0 Å². The summed E-state index contributed by atoms with van der Waals surface area (Å²) in [5.41, 5.74) is 0. The van der Waals surface area contributed by atoms with Crippen molar-refractivity contribution in [3.63, 3.8) is 0 Å². The lowest BCUT2D eigenvalue weighted by atomic mass is 9.76. The van der Waals surface area contributed by atoms with Gasteiger partial charge in [0.25, 0.3) is 0 Å². The van der Waals surface area contributed by atoms with Crippen LogP contribution >= 0.6 is 0 Å². The largest absolute Gasteiger partial charge is 0.377 e. The van der Waals surface area contributed by atoms with Crippen LogP contribution in [0.15, 0.2) is 0 Å². The first kappa shape index (κ1) is 12.4. The molecule has 1 aliphatic heterocycles. The molecule has 4 atom stereocenters. The SMILES string of the molecule is CCNC(C1CCCC(C)C1)C1CCCO1. The molecule has 16 heavy (non-hydrogen) atoms. The molecule has 1 aliphatic carbocycles. The van der Waals surface area contributed by atoms with Gasteiger partial charge in [-0.15, -0.1) is 0 Å². The van der Waals surface area contributed by atoms with E-state index in [2.05, 4.69) is 19.2 Å². The fourth-order valence-corrected chi connectivity index (χ4v) is 3.53. The third-order valence-electron chi connectivity index (χ3n) is 4.29. The van der Waals surface area contributed by atoms with Gasteiger partial charge in [0.1, 0.15) is 0 Å². The summed E-state index contributed by atoms with van der Waals surface area (Å²) in [5.74, 6) is 1.77. The Morgan fingerprint density at radius 2 is 2.12 bits per heavy atom. The number of likely N-dealkylation sites (N-methyl/N-ethyl adjacent to an activating group) is 1. The first-order valence-corrected chi connectivity index (χ1v) is 7.16. The molecule has 0 bridgehead atoms. The first-order valence-electron chi connectivity index (χ1n) is 7.16. The summed E-state index contributed by atoms with van der Waals surface area (Å²) in [6, 6.07) is 0.621. The molecule has 2 rings (SSSR count). The van der Waals surface area contributed by atoms with E-state index in [-0.39, 0.29) is 0 Å². The standard InChI is InChI=1S/C14H27NO/c1-3-15-14(13-8-5-9-16-13)12-7-4-6-11(2)10-12/h11-15H,3-10H2,1-2H3. The predicted octanol–water partition coefficient (Wildman–Crippen LogP) is 2.97. The van der Waals surface area contributed by atoms with Crippen LogP contribution in [0, 0.1) is 11.8 Å². The average molecular weight is 225 g/mol. The third-order valence-corrected chi connectivity index (χ3v) is 4.29. The van der Waals surface area contributed by atoms with Gasteiger partial charge in [0.15, 0.2) is 0 Å². The molecule has 94 valence electrons. The number of rotatable bonds is 4. The molecular formula is C14H27NO. The van der Waals surface area contributed by atoms with E-state index in [1.807, 2.05) is 0 Å². The van der Waals surface area contributed by atoms with Gasteiger partial charge < -0.3 is 10.1 Å². The second kappa shape index (κ2) is 6.02. The highest BCUT2D eigenvalue weighted by molar-refractivity contribution is 4.88. The predicted molar refractivity (Wildman–Crippen MR) is 67.6 cm³/mol. The molecule has 2 heteroatoms. The molecule has 1 N–H and O–H groups in total. The second-order valence-electron chi connectivity index (χ2n) is 5.67. The van der Waals surface area contributed by atoms with Crippen LogP contribution in [0.2, 0.25) is 0 Å². The molecule has 0 spiro atoms. The minimum absolute atomic E-state index is 0.496. The highest BCUT2D eigenvalue weighted by Gasteiger charge is 2.33. The molecule has 2 fully saturated rings. The van der Waals surface area contributed by atoms with E-state index in [4.69, 9.17) is 4.74 Å². The molecule has 1 saturated carbocycles. The molecule has 2 aliphatic rings. The maximum absolute atomic E-state index is 5.89. The van der Waals surface area contributed by atoms with Crippen molar-refractivity contribution in [3.05, 3.63) is 0 Å². The van der Waals surface area contributed by atoms with Crippen LogP contribution < -0.4 is 5.32 Å². The normalized spacial score (nSPS) is 37.5. The van der Waals surface area contributed by atoms with Crippen LogP contribution in [-0.2, 0) is 4.74 Å². The Balaban J connectivity index is 1.93. The fourth-order valence-electron chi connectivity index (χ4n) is 3.53. The maximum atomic E-state index is 5.89. The summed E-state index contributed by atoms with van der Waals surface area (Å²) < 4.78 is 5.89. The van der Waals surface area contributed by atoms with E-state index < -0.39 is 0 Å². The van der Waals surface area contributed by atoms with Crippen LogP contribution in [0.5, 0.6) is 0 Å². The van der Waals surface area contributed by atoms with E-state index in [1.165, 1.54) is 38.5 Å². The molecule has 0 aromatic rings. The number of hydrogen-bond donors (Lipinski definition) is 1. The Morgan fingerprint density at radius 3 is 2.75 bits per heavy atom. The summed E-state index contributed by atoms with van der Waals surface area (Å²) in [6.45, 7) is 6.68. The van der Waals surface area contributed by atoms with Crippen molar-refractivity contribution in [1.29, 1.82) is 0 Å². The van der Waals surface area contributed by atoms with E-state index in [0.717, 1.165) is 25.0 Å². The van der Waals surface area contributed by atoms with Crippen molar-refractivity contribution >= 4 is 0 Å². The topological polar surface area (TPSA) is 21.3 Å². The van der Waals surface area contributed by atoms with E-state index >= 15 is 0 Å². The Kier molecular flexibility index (Phi) is 4.66. The minimum atomic E-state index is 0.496. The zero-order chi connectivity index (χ0) is 11.4. The van der Waals surface area contributed by atoms with Gasteiger partial charge in [-0.05, 0) is 44.1 Å². The van der Waals surface area contributed by atoms with Crippen molar-refractivity contribution in [2.24, 2.45) is 11.8 Å². The first-order chi connectivity index (χ1) is 7.81. The lowest BCUT2D eigenvalue weighted by Crippen LogP contribution is -2.46. The fraction of sp³-hybridized carbons (Fsp3) is 1.00. The highest BCUT2D eigenvalue weighted by atomic mass is 16.5. The van der Waals surface area contributed by atoms with Gasteiger partial charge in [-0.25, -0.2) is 0 Å². The number of ether oxygens (including phenoxy) is 1. The summed E-state index contributed by atoms with van der Waals surface area (Å²) in [7, 11) is 0. The van der Waals surface area contributed by atoms with Crippen LogP contribution in [0.1, 0.15) is 52.4 Å². The van der Waals surface area contributed by atoms with Gasteiger partial charge in [-0.2, -0.15) is 0 Å². The van der Waals surface area contributed by atoms with Crippen LogP contribution in [0.3, 0.4) is 0 Å². The van der Waals surface area contributed by atoms with Crippen molar-refractivity contribution < 1.29 is 4.74 Å². The van der Waals surface area contributed by atoms with Gasteiger partial charge in [-0.1, -0.05) is 26.7 Å². The Bertz CT molecular complexity index is 201. The number of hydrogen-bond acceptors (Lipinski definition) is 2. The van der Waals surface area contributed by atoms with E-state index in [0.29, 0.717) is 12.1 Å². The van der Waals surface area contributed by atoms with Gasteiger partial charge >= 0.3 is 0 Å². The van der Waals surface area contributed by atoms with Crippen LogP contribution in [0.25, 0.3) is 0 Å². The van der Waals surface area contributed by atoms with Crippen molar-refractivity contribution in [2.45, 2.75) is 64.5 Å². The zero-order valence-corrected chi connectivity index (χ0v) is 10.9. The van der Waals surface area contributed by atoms with Gasteiger partial charge in [0.2, 0.25) is 0 Å². The second-order valence-corrected chi connectivity index (χ2v) is 5.67. The molecule has 0 radical (unpaired) electrons. The minimum Gasteiger partial charge on any atom is -0.377 e. The Morgan fingerprint density at radius 1 is 1.25 bits per heavy atom. The lowest BCUT2D eigenvalue weighted by Gasteiger charge is -2.36. The summed E-state index contributed by atoms with van der Waals surface area (Å²) in [6.07, 6.45) is 8.67. The van der Waals surface area contributed by atoms with Gasteiger partial charge in [-0.3, -0.25) is 0 Å². The van der Waals surface area contributed by atoms with Crippen molar-refractivity contribution in [1.82, 2.24) is 5.32 Å². The highest BCUT2D eigenvalue weighted by Crippen LogP contribution is 2.34. The summed E-state index contributed by atoms with van der Waals surface area (Å²) >= 11 is 0. The molecule has 1 heterocycles. The van der Waals surface area contributed by atoms with Gasteiger partial charge in [0.05, 0.1) is 6.10 Å². The zero-order valence-electron chi connectivity index (χ0n) is 10.9. The summed E-state index contributed by atoms with van der Waals surface area (Å²) in [5, 5.41) is 3.69. The quantitative estimate of drug-likeness (QED) is 0.794. The monoisotopic (exact) mass is 225 g/mol. The molecule has 1 saturated heterocycles.